The van der Waals surface area contributed by atoms with Gasteiger partial charge in [0.25, 0.3) is 0 Å². The fourth-order valence-corrected chi connectivity index (χ4v) is 3.50. The Kier molecular flexibility index (Phi) is 4.82. The zero-order valence-electron chi connectivity index (χ0n) is 13.2. The largest absolute Gasteiger partial charge is 0.497 e. The minimum atomic E-state index is -3.48. The molecule has 0 atom stereocenters. The van der Waals surface area contributed by atoms with Crippen molar-refractivity contribution in [3.63, 3.8) is 0 Å². The average molecular weight is 346 g/mol. The topological polar surface area (TPSA) is 81.4 Å². The molecule has 7 heteroatoms. The summed E-state index contributed by atoms with van der Waals surface area (Å²) in [6, 6.07) is 14.7. The number of hydrogen-bond donors (Lipinski definition) is 1. The molecule has 3 aromatic rings. The monoisotopic (exact) mass is 346 g/mol. The van der Waals surface area contributed by atoms with E-state index in [4.69, 9.17) is 9.26 Å². The molecule has 0 radical (unpaired) electrons. The van der Waals surface area contributed by atoms with Crippen molar-refractivity contribution < 1.29 is 17.7 Å². The second kappa shape index (κ2) is 7.02. The molecule has 2 aromatic carbocycles. The van der Waals surface area contributed by atoms with E-state index in [1.807, 2.05) is 36.4 Å². The number of benzene rings is 2. The van der Waals surface area contributed by atoms with E-state index < -0.39 is 10.0 Å². The van der Waals surface area contributed by atoms with Crippen molar-refractivity contribution in [1.29, 1.82) is 0 Å². The van der Waals surface area contributed by atoms with E-state index in [9.17, 15) is 8.42 Å². The number of hydrogen-bond acceptors (Lipinski definition) is 5. The summed E-state index contributed by atoms with van der Waals surface area (Å²) >= 11 is 0. The predicted molar refractivity (Wildman–Crippen MR) is 91.3 cm³/mol. The molecule has 24 heavy (non-hydrogen) atoms. The Labute approximate surface area is 140 Å². The zero-order chi connectivity index (χ0) is 17.0. The quantitative estimate of drug-likeness (QED) is 0.711. The number of nitrogens with one attached hydrogen (secondary N) is 1. The molecule has 6 nitrogen and oxygen atoms in total. The molecule has 0 aliphatic rings. The molecular formula is C17H18N2O4S. The van der Waals surface area contributed by atoms with Gasteiger partial charge in [-0.2, -0.15) is 0 Å². The molecule has 0 amide bonds. The molecule has 1 aromatic heterocycles. The van der Waals surface area contributed by atoms with Gasteiger partial charge in [-0.3, -0.25) is 0 Å². The summed E-state index contributed by atoms with van der Waals surface area (Å²) in [6.45, 7) is 0.324. The summed E-state index contributed by atoms with van der Waals surface area (Å²) in [5.41, 5.74) is 2.04. The second-order valence-electron chi connectivity index (χ2n) is 5.38. The fourth-order valence-electron chi connectivity index (χ4n) is 2.42. The molecule has 0 aliphatic carbocycles. The SMILES string of the molecule is COc1ccc(CCNS(=O)(=O)Cc2noc3ccccc23)cc1. The van der Waals surface area contributed by atoms with Crippen molar-refractivity contribution in [2.75, 3.05) is 13.7 Å². The third-order valence-electron chi connectivity index (χ3n) is 3.67. The summed E-state index contributed by atoms with van der Waals surface area (Å²) in [4.78, 5) is 0. The lowest BCUT2D eigenvalue weighted by Crippen LogP contribution is -2.27. The molecule has 0 aliphatic heterocycles. The third-order valence-corrected chi connectivity index (χ3v) is 4.97. The van der Waals surface area contributed by atoms with Crippen molar-refractivity contribution in [3.05, 3.63) is 59.8 Å². The normalized spacial score (nSPS) is 11.7. The highest BCUT2D eigenvalue weighted by molar-refractivity contribution is 7.88. The van der Waals surface area contributed by atoms with Crippen LogP contribution in [0.3, 0.4) is 0 Å². The molecule has 0 unspecified atom stereocenters. The van der Waals surface area contributed by atoms with Crippen LogP contribution in [-0.4, -0.2) is 27.2 Å². The van der Waals surface area contributed by atoms with E-state index in [0.29, 0.717) is 24.2 Å². The molecular weight excluding hydrogens is 328 g/mol. The van der Waals surface area contributed by atoms with Crippen LogP contribution in [0.15, 0.2) is 53.1 Å². The zero-order valence-corrected chi connectivity index (χ0v) is 14.0. The first-order valence-electron chi connectivity index (χ1n) is 7.51. The highest BCUT2D eigenvalue weighted by Crippen LogP contribution is 2.19. The lowest BCUT2D eigenvalue weighted by atomic mass is 10.1. The van der Waals surface area contributed by atoms with Gasteiger partial charge in [-0.1, -0.05) is 29.4 Å². The lowest BCUT2D eigenvalue weighted by Gasteiger charge is -2.06. The second-order valence-corrected chi connectivity index (χ2v) is 7.18. The Bertz CT molecular complexity index is 917. The third kappa shape index (κ3) is 3.93. The molecule has 0 spiro atoms. The molecule has 0 saturated carbocycles. The Morgan fingerprint density at radius 3 is 2.62 bits per heavy atom. The first-order valence-corrected chi connectivity index (χ1v) is 9.16. The number of methoxy groups -OCH3 is 1. The first-order chi connectivity index (χ1) is 11.6. The van der Waals surface area contributed by atoms with E-state index in [0.717, 1.165) is 16.7 Å². The minimum Gasteiger partial charge on any atom is -0.497 e. The van der Waals surface area contributed by atoms with Gasteiger partial charge in [-0.05, 0) is 36.2 Å². The van der Waals surface area contributed by atoms with Crippen LogP contribution in [0.1, 0.15) is 11.3 Å². The Morgan fingerprint density at radius 1 is 1.12 bits per heavy atom. The number of para-hydroxylation sites is 1. The molecule has 0 saturated heterocycles. The molecule has 0 bridgehead atoms. The Morgan fingerprint density at radius 2 is 1.88 bits per heavy atom. The van der Waals surface area contributed by atoms with Crippen molar-refractivity contribution >= 4 is 21.0 Å². The highest BCUT2D eigenvalue weighted by atomic mass is 32.2. The summed E-state index contributed by atoms with van der Waals surface area (Å²) < 4.78 is 37.3. The Balaban J connectivity index is 1.59. The summed E-state index contributed by atoms with van der Waals surface area (Å²) in [6.07, 6.45) is 0.600. The number of rotatable bonds is 7. The van der Waals surface area contributed by atoms with E-state index in [1.165, 1.54) is 0 Å². The standard InChI is InChI=1S/C17H18N2O4S/c1-22-14-8-6-13(7-9-14)10-11-18-24(20,21)12-16-15-4-2-3-5-17(15)23-19-16/h2-9,18H,10-12H2,1H3. The lowest BCUT2D eigenvalue weighted by molar-refractivity contribution is 0.414. The van der Waals surface area contributed by atoms with Crippen molar-refractivity contribution in [3.8, 4) is 5.75 Å². The molecule has 1 heterocycles. The van der Waals surface area contributed by atoms with Crippen LogP contribution in [0.5, 0.6) is 5.75 Å². The van der Waals surface area contributed by atoms with Gasteiger partial charge in [0.2, 0.25) is 10.0 Å². The molecule has 0 fully saturated rings. The average Bonchev–Trinajstić information content (AvgIpc) is 2.98. The van der Waals surface area contributed by atoms with Gasteiger partial charge in [-0.25, -0.2) is 13.1 Å². The maximum Gasteiger partial charge on any atom is 0.217 e. The van der Waals surface area contributed by atoms with Gasteiger partial charge < -0.3 is 9.26 Å². The van der Waals surface area contributed by atoms with Gasteiger partial charge in [0.1, 0.15) is 17.2 Å². The number of nitrogens with zero attached hydrogens (tertiary/aromatic N) is 1. The van der Waals surface area contributed by atoms with E-state index in [-0.39, 0.29) is 5.75 Å². The summed E-state index contributed by atoms with van der Waals surface area (Å²) in [5.74, 6) is 0.573. The maximum atomic E-state index is 12.2. The molecule has 3 rings (SSSR count). The van der Waals surface area contributed by atoms with Gasteiger partial charge in [-0.15, -0.1) is 0 Å². The fraction of sp³-hybridized carbons (Fsp3) is 0.235. The molecule has 1 N–H and O–H groups in total. The smallest absolute Gasteiger partial charge is 0.217 e. The van der Waals surface area contributed by atoms with Crippen LogP contribution < -0.4 is 9.46 Å². The van der Waals surface area contributed by atoms with Crippen molar-refractivity contribution in [2.24, 2.45) is 0 Å². The van der Waals surface area contributed by atoms with Crippen LogP contribution in [0.25, 0.3) is 11.0 Å². The number of sulfonamides is 1. The van der Waals surface area contributed by atoms with Crippen LogP contribution in [0, 0.1) is 0 Å². The predicted octanol–water partition coefficient (Wildman–Crippen LogP) is 2.50. The van der Waals surface area contributed by atoms with Crippen molar-refractivity contribution in [1.82, 2.24) is 9.88 Å². The molecule has 126 valence electrons. The van der Waals surface area contributed by atoms with Gasteiger partial charge >= 0.3 is 0 Å². The van der Waals surface area contributed by atoms with Crippen LogP contribution in [0.2, 0.25) is 0 Å². The van der Waals surface area contributed by atoms with Gasteiger partial charge in [0.05, 0.1) is 7.11 Å². The number of fused-ring (bicyclic) bond motifs is 1. The highest BCUT2D eigenvalue weighted by Gasteiger charge is 2.16. The maximum absolute atomic E-state index is 12.2. The Hall–Kier alpha value is -2.38. The number of ether oxygens (including phenoxy) is 1. The number of aromatic nitrogens is 1. The van der Waals surface area contributed by atoms with Gasteiger partial charge in [0, 0.05) is 11.9 Å². The van der Waals surface area contributed by atoms with E-state index in [2.05, 4.69) is 9.88 Å². The van der Waals surface area contributed by atoms with E-state index in [1.54, 1.807) is 19.2 Å². The first kappa shape index (κ1) is 16.5. The van der Waals surface area contributed by atoms with Crippen LogP contribution >= 0.6 is 0 Å². The van der Waals surface area contributed by atoms with Crippen LogP contribution in [-0.2, 0) is 22.2 Å². The van der Waals surface area contributed by atoms with E-state index >= 15 is 0 Å². The van der Waals surface area contributed by atoms with Crippen LogP contribution in [0.4, 0.5) is 0 Å². The minimum absolute atomic E-state index is 0.202. The van der Waals surface area contributed by atoms with Gasteiger partial charge in [0.15, 0.2) is 5.58 Å². The van der Waals surface area contributed by atoms with Crippen molar-refractivity contribution in [2.45, 2.75) is 12.2 Å². The summed E-state index contributed by atoms with van der Waals surface area (Å²) in [7, 11) is -1.87. The summed E-state index contributed by atoms with van der Waals surface area (Å²) in [5, 5.41) is 4.58.